The summed E-state index contributed by atoms with van der Waals surface area (Å²) in [5, 5.41) is 15.9. The summed E-state index contributed by atoms with van der Waals surface area (Å²) in [6.45, 7) is 0. The Morgan fingerprint density at radius 3 is 1.12 bits per heavy atom. The molecule has 6 nitrogen and oxygen atoms in total. The van der Waals surface area contributed by atoms with Gasteiger partial charge in [-0.05, 0) is 35.9 Å². The lowest BCUT2D eigenvalue weighted by molar-refractivity contribution is 1.06. The summed E-state index contributed by atoms with van der Waals surface area (Å²) in [6, 6.07) is 69.0. The van der Waals surface area contributed by atoms with Crippen LogP contribution in [0, 0.1) is 11.3 Å². The Hall–Kier alpha value is -8.14. The SMILES string of the molecule is N#Cc1cc(-c2nc(-c3ccccc3)nc(-c3ccccc3)n2)c(-c2ccccc2)c(-n2c3ccccc3c3ccccc32)c1-n1c2ccccc2c2ccccc21. The zero-order chi connectivity index (χ0) is 38.6. The second-order valence-electron chi connectivity index (χ2n) is 14.3. The van der Waals surface area contributed by atoms with Gasteiger partial charge in [-0.25, -0.2) is 15.0 Å². The van der Waals surface area contributed by atoms with Gasteiger partial charge in [-0.2, -0.15) is 5.26 Å². The summed E-state index contributed by atoms with van der Waals surface area (Å²) >= 11 is 0. The molecule has 11 rings (SSSR count). The molecule has 58 heavy (non-hydrogen) atoms. The lowest BCUT2D eigenvalue weighted by Gasteiger charge is -2.24. The third-order valence-electron chi connectivity index (χ3n) is 11.0. The van der Waals surface area contributed by atoms with Gasteiger partial charge < -0.3 is 9.13 Å². The summed E-state index contributed by atoms with van der Waals surface area (Å²) in [5.74, 6) is 1.57. The molecule has 3 aromatic heterocycles. The highest BCUT2D eigenvalue weighted by atomic mass is 15.1. The van der Waals surface area contributed by atoms with Crippen LogP contribution in [-0.4, -0.2) is 24.1 Å². The molecule has 0 N–H and O–H groups in total. The topological polar surface area (TPSA) is 72.3 Å². The van der Waals surface area contributed by atoms with E-state index in [1.807, 2.05) is 72.8 Å². The van der Waals surface area contributed by atoms with Crippen molar-refractivity contribution in [2.75, 3.05) is 0 Å². The number of aromatic nitrogens is 5. The maximum Gasteiger partial charge on any atom is 0.164 e. The van der Waals surface area contributed by atoms with Crippen molar-refractivity contribution in [2.24, 2.45) is 0 Å². The van der Waals surface area contributed by atoms with Crippen LogP contribution in [0.3, 0.4) is 0 Å². The molecule has 0 fully saturated rings. The Morgan fingerprint density at radius 1 is 0.362 bits per heavy atom. The second kappa shape index (κ2) is 13.6. The van der Waals surface area contributed by atoms with Crippen molar-refractivity contribution >= 4 is 43.6 Å². The van der Waals surface area contributed by atoms with E-state index in [1.54, 1.807) is 0 Å². The first kappa shape index (κ1) is 33.2. The highest BCUT2D eigenvalue weighted by molar-refractivity contribution is 6.13. The van der Waals surface area contributed by atoms with Crippen LogP contribution in [0.15, 0.2) is 194 Å². The molecule has 3 heterocycles. The fourth-order valence-corrected chi connectivity index (χ4v) is 8.52. The number of hydrogen-bond donors (Lipinski definition) is 0. The minimum absolute atomic E-state index is 0.471. The number of rotatable bonds is 6. The fraction of sp³-hybridized carbons (Fsp3) is 0. The average Bonchev–Trinajstić information content (AvgIpc) is 3.82. The van der Waals surface area contributed by atoms with Gasteiger partial charge in [0.25, 0.3) is 0 Å². The summed E-state index contributed by atoms with van der Waals surface area (Å²) in [7, 11) is 0. The molecule has 0 radical (unpaired) electrons. The van der Waals surface area contributed by atoms with Crippen molar-refractivity contribution in [2.45, 2.75) is 0 Å². The van der Waals surface area contributed by atoms with Crippen LogP contribution in [0.1, 0.15) is 5.56 Å². The summed E-state index contributed by atoms with van der Waals surface area (Å²) < 4.78 is 4.62. The van der Waals surface area contributed by atoms with E-state index in [0.717, 1.165) is 82.8 Å². The standard InChI is InChI=1S/C52H32N6/c53-33-37-32-42(52-55-50(35-20-6-2-7-21-35)54-51(56-52)36-22-8-3-9-23-36)47(34-18-4-1-5-19-34)49(58-45-30-16-12-26-40(45)41-27-13-17-31-46(41)58)48(37)57-43-28-14-10-24-38(43)39-25-11-15-29-44(39)57/h1-32H. The van der Waals surface area contributed by atoms with Gasteiger partial charge in [0.2, 0.25) is 0 Å². The van der Waals surface area contributed by atoms with E-state index in [0.29, 0.717) is 23.0 Å². The van der Waals surface area contributed by atoms with E-state index < -0.39 is 0 Å². The minimum Gasteiger partial charge on any atom is -0.307 e. The predicted molar refractivity (Wildman–Crippen MR) is 235 cm³/mol. The van der Waals surface area contributed by atoms with Gasteiger partial charge in [0.1, 0.15) is 6.07 Å². The average molecular weight is 741 g/mol. The Labute approximate surface area is 334 Å². The highest BCUT2D eigenvalue weighted by Crippen LogP contribution is 2.47. The van der Waals surface area contributed by atoms with Crippen molar-refractivity contribution < 1.29 is 0 Å². The normalized spacial score (nSPS) is 11.4. The van der Waals surface area contributed by atoms with Gasteiger partial charge in [0.05, 0.1) is 39.0 Å². The van der Waals surface area contributed by atoms with E-state index in [1.165, 1.54) is 0 Å². The molecule has 0 spiro atoms. The van der Waals surface area contributed by atoms with Crippen molar-refractivity contribution in [1.82, 2.24) is 24.1 Å². The zero-order valence-corrected chi connectivity index (χ0v) is 31.2. The Balaban J connectivity index is 1.38. The van der Waals surface area contributed by atoms with Crippen molar-refractivity contribution in [3.05, 3.63) is 200 Å². The number of benzene rings is 8. The molecular weight excluding hydrogens is 709 g/mol. The van der Waals surface area contributed by atoms with Crippen molar-refractivity contribution in [3.63, 3.8) is 0 Å². The smallest absolute Gasteiger partial charge is 0.164 e. The number of nitriles is 1. The highest BCUT2D eigenvalue weighted by Gasteiger charge is 2.29. The molecule has 0 unspecified atom stereocenters. The monoisotopic (exact) mass is 740 g/mol. The van der Waals surface area contributed by atoms with Crippen LogP contribution < -0.4 is 0 Å². The first-order valence-corrected chi connectivity index (χ1v) is 19.3. The third kappa shape index (κ3) is 5.22. The molecule has 0 aliphatic rings. The van der Waals surface area contributed by atoms with Crippen molar-refractivity contribution in [1.29, 1.82) is 5.26 Å². The van der Waals surface area contributed by atoms with Gasteiger partial charge >= 0.3 is 0 Å². The number of fused-ring (bicyclic) bond motifs is 6. The van der Waals surface area contributed by atoms with Gasteiger partial charge in [-0.3, -0.25) is 0 Å². The minimum atomic E-state index is 0.471. The van der Waals surface area contributed by atoms with Crippen molar-refractivity contribution in [3.8, 4) is 62.7 Å². The largest absolute Gasteiger partial charge is 0.307 e. The molecule has 8 aromatic carbocycles. The number of para-hydroxylation sites is 4. The summed E-state index contributed by atoms with van der Waals surface area (Å²) in [4.78, 5) is 15.5. The molecule has 11 aromatic rings. The first-order chi connectivity index (χ1) is 28.8. The molecule has 0 bridgehead atoms. The maximum absolute atomic E-state index is 11.5. The zero-order valence-electron chi connectivity index (χ0n) is 31.2. The van der Waals surface area contributed by atoms with Crippen LogP contribution in [-0.2, 0) is 0 Å². The van der Waals surface area contributed by atoms with Crippen LogP contribution in [0.4, 0.5) is 0 Å². The predicted octanol–water partition coefficient (Wildman–Crippen LogP) is 12.6. The van der Waals surface area contributed by atoms with Crippen LogP contribution in [0.5, 0.6) is 0 Å². The third-order valence-corrected chi connectivity index (χ3v) is 11.0. The molecule has 0 amide bonds. The second-order valence-corrected chi connectivity index (χ2v) is 14.3. The molecule has 0 saturated carbocycles. The summed E-state index contributed by atoms with van der Waals surface area (Å²) in [6.07, 6.45) is 0. The van der Waals surface area contributed by atoms with E-state index in [9.17, 15) is 5.26 Å². The Bertz CT molecular complexity index is 3230. The van der Waals surface area contributed by atoms with Gasteiger partial charge in [-0.15, -0.1) is 0 Å². The van der Waals surface area contributed by atoms with Crippen LogP contribution in [0.2, 0.25) is 0 Å². The van der Waals surface area contributed by atoms with E-state index in [4.69, 9.17) is 15.0 Å². The lowest BCUT2D eigenvalue weighted by atomic mass is 9.92. The first-order valence-electron chi connectivity index (χ1n) is 19.3. The van der Waals surface area contributed by atoms with Gasteiger partial charge in [0, 0.05) is 43.8 Å². The van der Waals surface area contributed by atoms with Gasteiger partial charge in [-0.1, -0.05) is 164 Å². The van der Waals surface area contributed by atoms with E-state index in [2.05, 4.69) is 137 Å². The molecule has 270 valence electrons. The molecule has 0 aliphatic carbocycles. The maximum atomic E-state index is 11.5. The number of nitrogens with zero attached hydrogens (tertiary/aromatic N) is 6. The lowest BCUT2D eigenvalue weighted by Crippen LogP contribution is -2.10. The van der Waals surface area contributed by atoms with Gasteiger partial charge in [0.15, 0.2) is 17.5 Å². The Morgan fingerprint density at radius 2 is 0.707 bits per heavy atom. The quantitative estimate of drug-likeness (QED) is 0.170. The fourth-order valence-electron chi connectivity index (χ4n) is 8.52. The number of hydrogen-bond acceptors (Lipinski definition) is 4. The molecule has 0 aliphatic heterocycles. The summed E-state index contributed by atoms with van der Waals surface area (Å²) in [5.41, 5.74) is 10.5. The molecule has 6 heteroatoms. The van der Waals surface area contributed by atoms with Crippen LogP contribution >= 0.6 is 0 Å². The van der Waals surface area contributed by atoms with E-state index >= 15 is 0 Å². The molecule has 0 saturated heterocycles. The molecule has 0 atom stereocenters. The van der Waals surface area contributed by atoms with Crippen LogP contribution in [0.25, 0.3) is 100 Å². The van der Waals surface area contributed by atoms with E-state index in [-0.39, 0.29) is 0 Å². The Kier molecular flexibility index (Phi) is 7.76. The molecular formula is C52H32N6.